The summed E-state index contributed by atoms with van der Waals surface area (Å²) < 4.78 is 0. The van der Waals surface area contributed by atoms with E-state index in [2.05, 4.69) is 27.9 Å². The predicted octanol–water partition coefficient (Wildman–Crippen LogP) is 1.63. The fourth-order valence-corrected chi connectivity index (χ4v) is 3.05. The molecule has 2 saturated heterocycles. The first-order valence-electron chi connectivity index (χ1n) is 6.98. The maximum Gasteiger partial charge on any atom is 0.0748 e. The normalized spacial score (nSPS) is 29.8. The third kappa shape index (κ3) is 3.09. The number of piperidine rings is 1. The van der Waals surface area contributed by atoms with Crippen LogP contribution in [0.4, 0.5) is 0 Å². The van der Waals surface area contributed by atoms with E-state index in [4.69, 9.17) is 17.3 Å². The molecule has 3 rings (SSSR count). The highest BCUT2D eigenvalue weighted by molar-refractivity contribution is 6.30. The molecule has 104 valence electrons. The van der Waals surface area contributed by atoms with Crippen molar-refractivity contribution in [2.45, 2.75) is 37.5 Å². The Kier molecular flexibility index (Phi) is 4.05. The Balaban J connectivity index is 1.59. The lowest BCUT2D eigenvalue weighted by atomic mass is 10.0. The second kappa shape index (κ2) is 5.77. The molecule has 2 aliphatic rings. The van der Waals surface area contributed by atoms with Gasteiger partial charge < -0.3 is 5.73 Å². The van der Waals surface area contributed by atoms with Crippen molar-refractivity contribution in [3.8, 4) is 0 Å². The SMILES string of the molecule is NC1CCN(C2CC(c3ccc(Cl)cc3)NN2)CC1. The number of hydrogen-bond donors (Lipinski definition) is 3. The predicted molar refractivity (Wildman–Crippen MR) is 77.7 cm³/mol. The van der Waals surface area contributed by atoms with Crippen molar-refractivity contribution in [2.75, 3.05) is 13.1 Å². The zero-order valence-electron chi connectivity index (χ0n) is 11.0. The Morgan fingerprint density at radius 3 is 2.47 bits per heavy atom. The Bertz CT molecular complexity index is 414. The molecule has 2 atom stereocenters. The van der Waals surface area contributed by atoms with E-state index in [9.17, 15) is 0 Å². The van der Waals surface area contributed by atoms with Crippen molar-refractivity contribution in [1.82, 2.24) is 15.8 Å². The summed E-state index contributed by atoms with van der Waals surface area (Å²) in [7, 11) is 0. The minimum Gasteiger partial charge on any atom is -0.328 e. The van der Waals surface area contributed by atoms with Gasteiger partial charge in [-0.2, -0.15) is 0 Å². The van der Waals surface area contributed by atoms with E-state index in [0.29, 0.717) is 18.2 Å². The maximum absolute atomic E-state index is 5.95. The highest BCUT2D eigenvalue weighted by Crippen LogP contribution is 2.26. The number of nitrogens with two attached hydrogens (primary N) is 1. The second-order valence-corrected chi connectivity index (χ2v) is 5.95. The minimum absolute atomic E-state index is 0.359. The van der Waals surface area contributed by atoms with Crippen molar-refractivity contribution in [1.29, 1.82) is 0 Å². The molecule has 0 amide bonds. The van der Waals surface area contributed by atoms with Crippen molar-refractivity contribution >= 4 is 11.6 Å². The highest BCUT2D eigenvalue weighted by Gasteiger charge is 2.31. The van der Waals surface area contributed by atoms with Crippen LogP contribution in [0.5, 0.6) is 0 Å². The van der Waals surface area contributed by atoms with Gasteiger partial charge in [-0.3, -0.25) is 4.90 Å². The molecule has 19 heavy (non-hydrogen) atoms. The van der Waals surface area contributed by atoms with Gasteiger partial charge in [-0.15, -0.1) is 0 Å². The molecule has 2 heterocycles. The Morgan fingerprint density at radius 2 is 1.79 bits per heavy atom. The number of halogens is 1. The number of hydrazine groups is 1. The first-order chi connectivity index (χ1) is 9.22. The molecular weight excluding hydrogens is 260 g/mol. The summed E-state index contributed by atoms with van der Waals surface area (Å²) in [6, 6.07) is 8.83. The fraction of sp³-hybridized carbons (Fsp3) is 0.571. The van der Waals surface area contributed by atoms with Gasteiger partial charge in [0.25, 0.3) is 0 Å². The van der Waals surface area contributed by atoms with Crippen molar-refractivity contribution < 1.29 is 0 Å². The second-order valence-electron chi connectivity index (χ2n) is 5.52. The van der Waals surface area contributed by atoms with E-state index in [0.717, 1.165) is 37.4 Å². The van der Waals surface area contributed by atoms with E-state index in [-0.39, 0.29) is 0 Å². The van der Waals surface area contributed by atoms with Crippen LogP contribution in [0.3, 0.4) is 0 Å². The van der Waals surface area contributed by atoms with Gasteiger partial charge >= 0.3 is 0 Å². The molecule has 2 fully saturated rings. The lowest BCUT2D eigenvalue weighted by Gasteiger charge is -2.34. The van der Waals surface area contributed by atoms with E-state index < -0.39 is 0 Å². The van der Waals surface area contributed by atoms with Crippen LogP contribution in [0.25, 0.3) is 0 Å². The Labute approximate surface area is 119 Å². The third-order valence-corrected chi connectivity index (χ3v) is 4.42. The van der Waals surface area contributed by atoms with Crippen LogP contribution < -0.4 is 16.6 Å². The van der Waals surface area contributed by atoms with Crippen molar-refractivity contribution in [3.05, 3.63) is 34.9 Å². The number of nitrogens with one attached hydrogen (secondary N) is 2. The monoisotopic (exact) mass is 280 g/mol. The highest BCUT2D eigenvalue weighted by atomic mass is 35.5. The summed E-state index contributed by atoms with van der Waals surface area (Å²) in [5, 5.41) is 0.788. The smallest absolute Gasteiger partial charge is 0.0748 e. The number of benzene rings is 1. The molecule has 0 saturated carbocycles. The van der Waals surface area contributed by atoms with E-state index in [1.807, 2.05) is 12.1 Å². The first kappa shape index (κ1) is 13.3. The largest absolute Gasteiger partial charge is 0.328 e. The summed E-state index contributed by atoms with van der Waals surface area (Å²) >= 11 is 5.93. The molecule has 0 radical (unpaired) electrons. The van der Waals surface area contributed by atoms with Crippen LogP contribution in [0, 0.1) is 0 Å². The van der Waals surface area contributed by atoms with E-state index >= 15 is 0 Å². The molecular formula is C14H21ClN4. The summed E-state index contributed by atoms with van der Waals surface area (Å²) in [5.41, 5.74) is 14.0. The van der Waals surface area contributed by atoms with Crippen molar-refractivity contribution in [2.24, 2.45) is 5.73 Å². The molecule has 0 aliphatic carbocycles. The number of rotatable bonds is 2. The van der Waals surface area contributed by atoms with Gasteiger partial charge in [0.1, 0.15) is 0 Å². The van der Waals surface area contributed by atoms with Gasteiger partial charge in [0, 0.05) is 30.2 Å². The van der Waals surface area contributed by atoms with Crippen LogP contribution in [0.1, 0.15) is 30.9 Å². The van der Waals surface area contributed by atoms with Crippen molar-refractivity contribution in [3.63, 3.8) is 0 Å². The molecule has 4 nitrogen and oxygen atoms in total. The third-order valence-electron chi connectivity index (χ3n) is 4.17. The van der Waals surface area contributed by atoms with Crippen LogP contribution in [0.2, 0.25) is 5.02 Å². The molecule has 1 aromatic carbocycles. The van der Waals surface area contributed by atoms with Crippen LogP contribution in [0.15, 0.2) is 24.3 Å². The molecule has 4 N–H and O–H groups in total. The Morgan fingerprint density at radius 1 is 1.11 bits per heavy atom. The zero-order chi connectivity index (χ0) is 13.2. The zero-order valence-corrected chi connectivity index (χ0v) is 11.7. The summed E-state index contributed by atoms with van der Waals surface area (Å²) in [5.74, 6) is 0. The van der Waals surface area contributed by atoms with Gasteiger partial charge in [0.15, 0.2) is 0 Å². The van der Waals surface area contributed by atoms with E-state index in [1.54, 1.807) is 0 Å². The molecule has 2 unspecified atom stereocenters. The van der Waals surface area contributed by atoms with Gasteiger partial charge in [-0.05, 0) is 37.0 Å². The molecule has 1 aromatic rings. The fourth-order valence-electron chi connectivity index (χ4n) is 2.92. The first-order valence-corrected chi connectivity index (χ1v) is 7.36. The van der Waals surface area contributed by atoms with Gasteiger partial charge in [0.2, 0.25) is 0 Å². The molecule has 5 heteroatoms. The number of likely N-dealkylation sites (tertiary alicyclic amines) is 1. The number of hydrogen-bond acceptors (Lipinski definition) is 4. The Hall–Kier alpha value is -0.650. The minimum atomic E-state index is 0.359. The van der Waals surface area contributed by atoms with Gasteiger partial charge in [0.05, 0.1) is 6.17 Å². The average molecular weight is 281 g/mol. The summed E-state index contributed by atoms with van der Waals surface area (Å²) in [6.07, 6.45) is 3.69. The summed E-state index contributed by atoms with van der Waals surface area (Å²) in [4.78, 5) is 2.49. The molecule has 0 bridgehead atoms. The average Bonchev–Trinajstić information content (AvgIpc) is 2.90. The molecule has 0 spiro atoms. The number of nitrogens with zero attached hydrogens (tertiary/aromatic N) is 1. The van der Waals surface area contributed by atoms with Gasteiger partial charge in [-0.1, -0.05) is 23.7 Å². The lowest BCUT2D eigenvalue weighted by molar-refractivity contribution is 0.137. The van der Waals surface area contributed by atoms with Crippen LogP contribution >= 0.6 is 11.6 Å². The summed E-state index contributed by atoms with van der Waals surface area (Å²) in [6.45, 7) is 2.18. The lowest BCUT2D eigenvalue weighted by Crippen LogP contribution is -2.50. The molecule has 0 aromatic heterocycles. The topological polar surface area (TPSA) is 53.3 Å². The quantitative estimate of drug-likeness (QED) is 0.771. The molecule has 2 aliphatic heterocycles. The van der Waals surface area contributed by atoms with E-state index in [1.165, 1.54) is 5.56 Å². The standard InChI is InChI=1S/C14H21ClN4/c15-11-3-1-10(2-4-11)13-9-14(18-17-13)19-7-5-12(16)6-8-19/h1-4,12-14,17-18H,5-9,16H2. The van der Waals surface area contributed by atoms with Gasteiger partial charge in [-0.25, -0.2) is 10.9 Å². The van der Waals surface area contributed by atoms with Crippen LogP contribution in [-0.4, -0.2) is 30.2 Å². The maximum atomic E-state index is 5.95. The van der Waals surface area contributed by atoms with Crippen LogP contribution in [-0.2, 0) is 0 Å².